The monoisotopic (exact) mass is 314 g/mol. The highest BCUT2D eigenvalue weighted by Crippen LogP contribution is 2.24. The first-order valence-electron chi connectivity index (χ1n) is 8.73. The highest BCUT2D eigenvalue weighted by atomic mass is 16.5. The standard InChI is InChI=1S/C18H34O4/c1-5-9-15(12-8-14-17(19)21-3)11-7-13-16(10-6-2)18(20)22-4/h15-16H,5-14H2,1-4H3. The fourth-order valence-corrected chi connectivity index (χ4v) is 3.03. The third-order valence-corrected chi connectivity index (χ3v) is 4.25. The molecule has 4 nitrogen and oxygen atoms in total. The zero-order chi connectivity index (χ0) is 16.8. The Hall–Kier alpha value is -1.06. The van der Waals surface area contributed by atoms with Crippen LogP contribution in [-0.2, 0) is 19.1 Å². The van der Waals surface area contributed by atoms with E-state index in [0.717, 1.165) is 51.4 Å². The van der Waals surface area contributed by atoms with Crippen LogP contribution in [0.3, 0.4) is 0 Å². The van der Waals surface area contributed by atoms with Gasteiger partial charge in [-0.25, -0.2) is 0 Å². The van der Waals surface area contributed by atoms with Crippen LogP contribution in [0.2, 0.25) is 0 Å². The van der Waals surface area contributed by atoms with E-state index in [1.165, 1.54) is 20.6 Å². The van der Waals surface area contributed by atoms with E-state index >= 15 is 0 Å². The van der Waals surface area contributed by atoms with Crippen molar-refractivity contribution in [1.29, 1.82) is 0 Å². The number of hydrogen-bond donors (Lipinski definition) is 0. The Morgan fingerprint density at radius 3 is 2.00 bits per heavy atom. The molecule has 0 amide bonds. The van der Waals surface area contributed by atoms with E-state index in [-0.39, 0.29) is 17.9 Å². The first kappa shape index (κ1) is 20.9. The molecule has 0 aromatic heterocycles. The molecule has 0 fully saturated rings. The molecule has 0 aliphatic carbocycles. The van der Waals surface area contributed by atoms with Crippen molar-refractivity contribution in [3.8, 4) is 0 Å². The molecule has 0 aromatic rings. The molecule has 130 valence electrons. The van der Waals surface area contributed by atoms with Gasteiger partial charge in [-0.1, -0.05) is 46.0 Å². The summed E-state index contributed by atoms with van der Waals surface area (Å²) in [4.78, 5) is 22.9. The second kappa shape index (κ2) is 13.6. The van der Waals surface area contributed by atoms with E-state index in [1.807, 2.05) is 0 Å². The SMILES string of the molecule is CCCC(CCCC(=O)OC)CCCC(CCC)C(=O)OC. The van der Waals surface area contributed by atoms with Crippen molar-refractivity contribution in [3.63, 3.8) is 0 Å². The molecule has 0 aliphatic heterocycles. The van der Waals surface area contributed by atoms with Gasteiger partial charge in [0.25, 0.3) is 0 Å². The highest BCUT2D eigenvalue weighted by molar-refractivity contribution is 5.72. The first-order chi connectivity index (χ1) is 10.6. The number of rotatable bonds is 13. The Bertz CT molecular complexity index is 301. The number of hydrogen-bond acceptors (Lipinski definition) is 4. The summed E-state index contributed by atoms with van der Waals surface area (Å²) in [6.07, 6.45) is 9.86. The first-order valence-corrected chi connectivity index (χ1v) is 8.73. The largest absolute Gasteiger partial charge is 0.469 e. The van der Waals surface area contributed by atoms with Crippen molar-refractivity contribution in [2.75, 3.05) is 14.2 Å². The molecule has 4 heteroatoms. The number of esters is 2. The molecular weight excluding hydrogens is 280 g/mol. The summed E-state index contributed by atoms with van der Waals surface area (Å²) in [7, 11) is 2.91. The van der Waals surface area contributed by atoms with Gasteiger partial charge in [0.2, 0.25) is 0 Å². The summed E-state index contributed by atoms with van der Waals surface area (Å²) >= 11 is 0. The molecule has 2 atom stereocenters. The molecule has 0 aliphatic rings. The van der Waals surface area contributed by atoms with E-state index in [4.69, 9.17) is 4.74 Å². The molecular formula is C18H34O4. The molecule has 0 spiro atoms. The summed E-state index contributed by atoms with van der Waals surface area (Å²) in [5.74, 6) is 0.505. The lowest BCUT2D eigenvalue weighted by molar-refractivity contribution is -0.146. The molecule has 0 heterocycles. The number of carbonyl (C=O) groups excluding carboxylic acids is 2. The quantitative estimate of drug-likeness (QED) is 0.469. The van der Waals surface area contributed by atoms with Crippen LogP contribution in [-0.4, -0.2) is 26.2 Å². The van der Waals surface area contributed by atoms with Crippen LogP contribution >= 0.6 is 0 Å². The highest BCUT2D eigenvalue weighted by Gasteiger charge is 2.18. The Morgan fingerprint density at radius 2 is 1.45 bits per heavy atom. The maximum absolute atomic E-state index is 11.7. The normalized spacial score (nSPS) is 13.5. The summed E-state index contributed by atoms with van der Waals surface area (Å²) in [6.45, 7) is 4.30. The number of methoxy groups -OCH3 is 2. The van der Waals surface area contributed by atoms with Gasteiger partial charge in [-0.05, 0) is 31.6 Å². The van der Waals surface area contributed by atoms with Gasteiger partial charge in [-0.2, -0.15) is 0 Å². The summed E-state index contributed by atoms with van der Waals surface area (Å²) in [5, 5.41) is 0. The number of carbonyl (C=O) groups is 2. The molecule has 0 aromatic carbocycles. The van der Waals surface area contributed by atoms with E-state index < -0.39 is 0 Å². The van der Waals surface area contributed by atoms with E-state index in [1.54, 1.807) is 0 Å². The van der Waals surface area contributed by atoms with Crippen molar-refractivity contribution in [2.24, 2.45) is 11.8 Å². The molecule has 2 unspecified atom stereocenters. The topological polar surface area (TPSA) is 52.6 Å². The zero-order valence-electron chi connectivity index (χ0n) is 14.9. The third-order valence-electron chi connectivity index (χ3n) is 4.25. The summed E-state index contributed by atoms with van der Waals surface area (Å²) in [6, 6.07) is 0. The fraction of sp³-hybridized carbons (Fsp3) is 0.889. The fourth-order valence-electron chi connectivity index (χ4n) is 3.03. The van der Waals surface area contributed by atoms with Gasteiger partial charge >= 0.3 is 11.9 Å². The smallest absolute Gasteiger partial charge is 0.308 e. The predicted octanol–water partition coefficient (Wildman–Crippen LogP) is 4.51. The second-order valence-corrected chi connectivity index (χ2v) is 6.06. The maximum atomic E-state index is 11.7. The van der Waals surface area contributed by atoms with Crippen LogP contribution in [0.15, 0.2) is 0 Å². The molecule has 0 radical (unpaired) electrons. The molecule has 0 rings (SSSR count). The summed E-state index contributed by atoms with van der Waals surface area (Å²) < 4.78 is 9.56. The van der Waals surface area contributed by atoms with E-state index in [2.05, 4.69) is 18.6 Å². The lowest BCUT2D eigenvalue weighted by atomic mass is 9.89. The van der Waals surface area contributed by atoms with Gasteiger partial charge in [0.05, 0.1) is 20.1 Å². The van der Waals surface area contributed by atoms with Crippen molar-refractivity contribution >= 4 is 11.9 Å². The number of ether oxygens (including phenoxy) is 2. The molecule has 0 saturated heterocycles. The molecule has 0 saturated carbocycles. The Morgan fingerprint density at radius 1 is 0.818 bits per heavy atom. The lowest BCUT2D eigenvalue weighted by Gasteiger charge is -2.18. The van der Waals surface area contributed by atoms with E-state index in [0.29, 0.717) is 12.3 Å². The minimum atomic E-state index is -0.121. The van der Waals surface area contributed by atoms with Crippen LogP contribution in [0, 0.1) is 11.8 Å². The van der Waals surface area contributed by atoms with Gasteiger partial charge in [0.15, 0.2) is 0 Å². The summed E-state index contributed by atoms with van der Waals surface area (Å²) in [5.41, 5.74) is 0. The lowest BCUT2D eigenvalue weighted by Crippen LogP contribution is -2.16. The Labute approximate surface area is 135 Å². The minimum absolute atomic E-state index is 0.0485. The van der Waals surface area contributed by atoms with Gasteiger partial charge in [0.1, 0.15) is 0 Å². The third kappa shape index (κ3) is 9.80. The maximum Gasteiger partial charge on any atom is 0.308 e. The molecule has 0 N–H and O–H groups in total. The van der Waals surface area contributed by atoms with Crippen LogP contribution in [0.25, 0.3) is 0 Å². The van der Waals surface area contributed by atoms with Crippen LogP contribution in [0.4, 0.5) is 0 Å². The van der Waals surface area contributed by atoms with Crippen LogP contribution in [0.5, 0.6) is 0 Å². The zero-order valence-corrected chi connectivity index (χ0v) is 14.9. The van der Waals surface area contributed by atoms with E-state index in [9.17, 15) is 9.59 Å². The van der Waals surface area contributed by atoms with Crippen molar-refractivity contribution in [1.82, 2.24) is 0 Å². The Kier molecular flexibility index (Phi) is 12.9. The second-order valence-electron chi connectivity index (χ2n) is 6.06. The van der Waals surface area contributed by atoms with Crippen LogP contribution in [0.1, 0.15) is 78.1 Å². The average molecular weight is 314 g/mol. The van der Waals surface area contributed by atoms with Crippen molar-refractivity contribution < 1.29 is 19.1 Å². The van der Waals surface area contributed by atoms with Crippen LogP contribution < -0.4 is 0 Å². The Balaban J connectivity index is 4.10. The van der Waals surface area contributed by atoms with Gasteiger partial charge in [-0.15, -0.1) is 0 Å². The average Bonchev–Trinajstić information content (AvgIpc) is 2.52. The minimum Gasteiger partial charge on any atom is -0.469 e. The molecule has 0 bridgehead atoms. The van der Waals surface area contributed by atoms with Gasteiger partial charge < -0.3 is 9.47 Å². The van der Waals surface area contributed by atoms with Gasteiger partial charge in [0, 0.05) is 6.42 Å². The molecule has 22 heavy (non-hydrogen) atoms. The van der Waals surface area contributed by atoms with Crippen molar-refractivity contribution in [3.05, 3.63) is 0 Å². The predicted molar refractivity (Wildman–Crippen MR) is 88.5 cm³/mol. The van der Waals surface area contributed by atoms with Crippen molar-refractivity contribution in [2.45, 2.75) is 78.1 Å². The van der Waals surface area contributed by atoms with Gasteiger partial charge in [-0.3, -0.25) is 9.59 Å².